The Balaban J connectivity index is 2.40. The molecule has 0 saturated heterocycles. The van der Waals surface area contributed by atoms with Crippen LogP contribution >= 0.6 is 0 Å². The lowest BCUT2D eigenvalue weighted by molar-refractivity contribution is -0.141. The molecule has 1 unspecified atom stereocenters. The molecule has 1 N–H and O–H groups in total. The van der Waals surface area contributed by atoms with Crippen molar-refractivity contribution in [1.82, 2.24) is 9.11 Å². The van der Waals surface area contributed by atoms with Gasteiger partial charge in [-0.3, -0.25) is 9.19 Å². The van der Waals surface area contributed by atoms with Gasteiger partial charge in [0.1, 0.15) is 5.69 Å². The second kappa shape index (κ2) is 7.01. The fourth-order valence-electron chi connectivity index (χ4n) is 2.03. The summed E-state index contributed by atoms with van der Waals surface area (Å²) in [5.41, 5.74) is -0.0752. The maximum absolute atomic E-state index is 12.8. The maximum atomic E-state index is 12.8. The van der Waals surface area contributed by atoms with Crippen LogP contribution in [0.3, 0.4) is 0 Å². The van der Waals surface area contributed by atoms with Crippen molar-refractivity contribution in [2.45, 2.75) is 24.9 Å². The first-order valence-corrected chi connectivity index (χ1v) is 10.7. The number of nitrogens with one attached hydrogen (secondary N) is 1. The van der Waals surface area contributed by atoms with E-state index in [2.05, 4.69) is 9.11 Å². The highest BCUT2D eigenvalue weighted by atomic mass is 32.3. The molecule has 0 bridgehead atoms. The Morgan fingerprint density at radius 3 is 2.08 bits per heavy atom. The van der Waals surface area contributed by atoms with E-state index in [1.807, 2.05) is 0 Å². The summed E-state index contributed by atoms with van der Waals surface area (Å²) in [6.45, 7) is 3.17. The Bertz CT molecular complexity index is 1020. The number of aryl methyl sites for hydroxylation is 1. The number of benzene rings is 1. The highest BCUT2D eigenvalue weighted by Gasteiger charge is 2.32. The topological polar surface area (TPSA) is 76.1 Å². The molecule has 2 rings (SSSR count). The summed E-state index contributed by atoms with van der Waals surface area (Å²) in [7, 11) is -7.34. The minimum Gasteiger partial charge on any atom is -0.251 e. The highest BCUT2D eigenvalue weighted by molar-refractivity contribution is 8.10. The zero-order valence-corrected chi connectivity index (χ0v) is 15.8. The smallest absolute Gasteiger partial charge is 0.251 e. The van der Waals surface area contributed by atoms with Gasteiger partial charge in [0.2, 0.25) is 0 Å². The van der Waals surface area contributed by atoms with Crippen molar-refractivity contribution in [1.29, 1.82) is 0 Å². The van der Waals surface area contributed by atoms with Crippen molar-refractivity contribution < 1.29 is 25.8 Å². The van der Waals surface area contributed by atoms with Gasteiger partial charge in [-0.2, -0.15) is 13.2 Å². The van der Waals surface area contributed by atoms with E-state index >= 15 is 0 Å². The van der Waals surface area contributed by atoms with Gasteiger partial charge in [0, 0.05) is 32.6 Å². The van der Waals surface area contributed by atoms with Crippen LogP contribution in [0.1, 0.15) is 23.7 Å². The molecule has 26 heavy (non-hydrogen) atoms. The van der Waals surface area contributed by atoms with Gasteiger partial charge in [-0.1, -0.05) is 23.8 Å². The van der Waals surface area contributed by atoms with Crippen LogP contribution in [0.25, 0.3) is 0 Å². The molecule has 0 amide bonds. The number of nitrogens with zero attached hydrogens (tertiary/aromatic N) is 1. The lowest BCUT2D eigenvalue weighted by Crippen LogP contribution is -2.33. The van der Waals surface area contributed by atoms with E-state index in [0.717, 1.165) is 23.9 Å². The van der Waals surface area contributed by atoms with Crippen LogP contribution < -0.4 is 4.13 Å². The van der Waals surface area contributed by atoms with Gasteiger partial charge in [-0.25, -0.2) is 8.42 Å². The van der Waals surface area contributed by atoms with Crippen LogP contribution in [0.15, 0.2) is 47.5 Å². The highest BCUT2D eigenvalue weighted by Crippen LogP contribution is 2.27. The minimum atomic E-state index is -4.59. The molecule has 1 atom stereocenters. The normalized spacial score (nSPS) is 14.7. The number of hydrogen-bond acceptors (Lipinski definition) is 4. The molecule has 0 aliphatic heterocycles. The van der Waals surface area contributed by atoms with Crippen LogP contribution in [0, 0.1) is 6.92 Å². The van der Waals surface area contributed by atoms with E-state index in [-0.39, 0.29) is 15.3 Å². The second-order valence-electron chi connectivity index (χ2n) is 5.73. The van der Waals surface area contributed by atoms with Crippen molar-refractivity contribution in [3.63, 3.8) is 0 Å². The number of halogens is 3. The Morgan fingerprint density at radius 2 is 1.62 bits per heavy atom. The van der Waals surface area contributed by atoms with E-state index in [4.69, 9.17) is 0 Å². The first-order chi connectivity index (χ1) is 11.8. The quantitative estimate of drug-likeness (QED) is 0.626. The fraction of sp³-hybridized carbons (Fsp3) is 0.250. The van der Waals surface area contributed by atoms with Crippen molar-refractivity contribution in [2.75, 3.05) is 6.26 Å². The molecule has 10 heteroatoms. The average Bonchev–Trinajstić information content (AvgIpc) is 2.53. The lowest BCUT2D eigenvalue weighted by Gasteiger charge is -2.14. The number of sulfonamides is 1. The van der Waals surface area contributed by atoms with Gasteiger partial charge in [0.25, 0.3) is 10.0 Å². The van der Waals surface area contributed by atoms with Crippen molar-refractivity contribution >= 4 is 24.6 Å². The molecule has 2 aromatic rings. The van der Waals surface area contributed by atoms with Gasteiger partial charge >= 0.3 is 6.18 Å². The number of rotatable bonds is 4. The summed E-state index contributed by atoms with van der Waals surface area (Å²) in [6, 6.07) is 7.81. The van der Waals surface area contributed by atoms with Crippen molar-refractivity contribution in [3.05, 3.63) is 59.4 Å². The van der Waals surface area contributed by atoms with Crippen LogP contribution in [0.2, 0.25) is 0 Å². The summed E-state index contributed by atoms with van der Waals surface area (Å²) in [6.07, 6.45) is -2.50. The zero-order chi connectivity index (χ0) is 19.8. The van der Waals surface area contributed by atoms with Crippen LogP contribution in [-0.2, 0) is 25.9 Å². The summed E-state index contributed by atoms with van der Waals surface area (Å²) < 4.78 is 77.5. The third-order valence-electron chi connectivity index (χ3n) is 3.64. The molecular weight excluding hydrogens is 389 g/mol. The SMILES string of the molecule is CC(c1ccc(C(F)(F)F)nc1)=S(C)(=O)NS(=O)(=O)c1ccc(C)cc1. The summed E-state index contributed by atoms with van der Waals surface area (Å²) >= 11 is 0. The molecule has 142 valence electrons. The minimum absolute atomic E-state index is 0.0592. The van der Waals surface area contributed by atoms with E-state index < -0.39 is 31.6 Å². The van der Waals surface area contributed by atoms with Gasteiger partial charge in [0.05, 0.1) is 4.90 Å². The summed E-state index contributed by atoms with van der Waals surface area (Å²) in [5, 5.41) is 0. The van der Waals surface area contributed by atoms with E-state index in [9.17, 15) is 25.8 Å². The number of alkyl halides is 3. The molecule has 1 aromatic carbocycles. The van der Waals surface area contributed by atoms with Gasteiger partial charge in [-0.05, 0) is 32.0 Å². The first kappa shape index (κ1) is 20.4. The van der Waals surface area contributed by atoms with E-state index in [0.29, 0.717) is 0 Å². The van der Waals surface area contributed by atoms with Crippen LogP contribution in [0.5, 0.6) is 0 Å². The first-order valence-electron chi connectivity index (χ1n) is 7.29. The van der Waals surface area contributed by atoms with E-state index in [1.54, 1.807) is 19.1 Å². The number of aromatic nitrogens is 1. The van der Waals surface area contributed by atoms with Gasteiger partial charge in [0.15, 0.2) is 0 Å². The predicted molar refractivity (Wildman–Crippen MR) is 94.6 cm³/mol. The van der Waals surface area contributed by atoms with Crippen LogP contribution in [0.4, 0.5) is 13.2 Å². The van der Waals surface area contributed by atoms with Crippen molar-refractivity contribution in [2.24, 2.45) is 0 Å². The third-order valence-corrected chi connectivity index (χ3v) is 8.09. The van der Waals surface area contributed by atoms with Crippen LogP contribution in [-0.4, -0.2) is 28.7 Å². The molecule has 0 saturated carbocycles. The third kappa shape index (κ3) is 4.63. The Kier molecular flexibility index (Phi) is 5.50. The second-order valence-corrected chi connectivity index (χ2v) is 10.2. The number of pyridine rings is 1. The molecule has 0 fully saturated rings. The van der Waals surface area contributed by atoms with E-state index in [1.165, 1.54) is 25.3 Å². The summed E-state index contributed by atoms with van der Waals surface area (Å²) in [5.74, 6) is 0. The van der Waals surface area contributed by atoms with Gasteiger partial charge < -0.3 is 0 Å². The molecule has 5 nitrogen and oxygen atoms in total. The molecule has 0 aliphatic carbocycles. The molecule has 0 radical (unpaired) electrons. The van der Waals surface area contributed by atoms with Gasteiger partial charge in [-0.15, -0.1) is 4.13 Å². The molecule has 1 aromatic heterocycles. The predicted octanol–water partition coefficient (Wildman–Crippen LogP) is 2.76. The molecule has 0 aliphatic rings. The average molecular weight is 406 g/mol. The molecule has 0 spiro atoms. The Labute approximate surface area is 150 Å². The maximum Gasteiger partial charge on any atom is 0.433 e. The van der Waals surface area contributed by atoms with Crippen molar-refractivity contribution in [3.8, 4) is 0 Å². The Hall–Kier alpha value is -1.91. The largest absolute Gasteiger partial charge is 0.433 e. The zero-order valence-electron chi connectivity index (χ0n) is 14.2. The molecular formula is C16H17F3N2O3S2. The molecule has 1 heterocycles. The lowest BCUT2D eigenvalue weighted by atomic mass is 10.2. The monoisotopic (exact) mass is 406 g/mol. The summed E-state index contributed by atoms with van der Waals surface area (Å²) in [4.78, 5) is 3.32. The fourth-order valence-corrected chi connectivity index (χ4v) is 5.66. The number of hydrogen-bond donors (Lipinski definition) is 1. The Morgan fingerprint density at radius 1 is 1.04 bits per heavy atom. The standard InChI is InChI=1S/C16H17F3N2O3S2/c1-11-4-7-14(8-5-11)26(23,24)21-25(3,22)12(2)13-6-9-15(20-10-13)16(17,18)19/h4-10H,1-3H3,(H,21,22).